The predicted octanol–water partition coefficient (Wildman–Crippen LogP) is 5.49. The minimum Gasteiger partial charge on any atom is -0.247 e. The van der Waals surface area contributed by atoms with Crippen LogP contribution >= 0.6 is 11.3 Å². The summed E-state index contributed by atoms with van der Waals surface area (Å²) in [5.41, 5.74) is 5.75. The maximum Gasteiger partial charge on any atom is 0.234 e. The van der Waals surface area contributed by atoms with Gasteiger partial charge in [-0.1, -0.05) is 41.4 Å². The fraction of sp³-hybridized carbons (Fsp3) is 0.308. The molecule has 160 valence electrons. The molecule has 2 aliphatic rings. The van der Waals surface area contributed by atoms with E-state index in [-0.39, 0.29) is 0 Å². The van der Waals surface area contributed by atoms with E-state index in [9.17, 15) is 0 Å². The van der Waals surface area contributed by atoms with E-state index in [4.69, 9.17) is 9.98 Å². The Labute approximate surface area is 191 Å². The van der Waals surface area contributed by atoms with Gasteiger partial charge in [-0.15, -0.1) is 16.3 Å². The number of hydrogen-bond donors (Lipinski definition) is 1. The van der Waals surface area contributed by atoms with Crippen LogP contribution in [0, 0.1) is 0 Å². The molecule has 4 aromatic rings. The highest BCUT2D eigenvalue weighted by Gasteiger charge is 2.24. The molecule has 2 aromatic carbocycles. The lowest BCUT2D eigenvalue weighted by Gasteiger charge is -2.16. The Hall–Kier alpha value is -3.12. The average molecular weight is 441 g/mol. The monoisotopic (exact) mass is 440 g/mol. The van der Waals surface area contributed by atoms with E-state index >= 15 is 0 Å². The Kier molecular flexibility index (Phi) is 5.15. The van der Waals surface area contributed by atoms with E-state index in [1.807, 2.05) is 30.2 Å². The number of anilines is 1. The Morgan fingerprint density at radius 3 is 2.78 bits per heavy atom. The van der Waals surface area contributed by atoms with Gasteiger partial charge in [0.15, 0.2) is 4.83 Å². The number of aromatic nitrogens is 2. The summed E-state index contributed by atoms with van der Waals surface area (Å²) >= 11 is 1.89. The molecule has 0 spiro atoms. The molecule has 0 bridgehead atoms. The van der Waals surface area contributed by atoms with E-state index in [0.29, 0.717) is 6.04 Å². The van der Waals surface area contributed by atoms with Crippen molar-refractivity contribution in [2.75, 3.05) is 5.43 Å². The third kappa shape index (κ3) is 3.69. The largest absolute Gasteiger partial charge is 0.247 e. The van der Waals surface area contributed by atoms with Gasteiger partial charge in [-0.2, -0.15) is 9.67 Å². The summed E-state index contributed by atoms with van der Waals surface area (Å²) in [6.45, 7) is 0. The van der Waals surface area contributed by atoms with Crippen LogP contribution in [0.4, 0.5) is 5.82 Å². The van der Waals surface area contributed by atoms with Crippen molar-refractivity contribution in [3.63, 3.8) is 0 Å². The molecule has 6 heteroatoms. The fourth-order valence-electron chi connectivity index (χ4n) is 4.54. The van der Waals surface area contributed by atoms with E-state index in [2.05, 4.69) is 57.6 Å². The number of rotatable bonds is 5. The van der Waals surface area contributed by atoms with Crippen LogP contribution < -0.4 is 9.99 Å². The van der Waals surface area contributed by atoms with Gasteiger partial charge in [0.25, 0.3) is 0 Å². The minimum atomic E-state index is 0.483. The van der Waals surface area contributed by atoms with Gasteiger partial charge in [-0.3, -0.25) is 0 Å². The van der Waals surface area contributed by atoms with Gasteiger partial charge in [0.1, 0.15) is 6.04 Å². The predicted molar refractivity (Wildman–Crippen MR) is 133 cm³/mol. The van der Waals surface area contributed by atoms with Crippen LogP contribution in [0.3, 0.4) is 0 Å². The lowest BCUT2D eigenvalue weighted by molar-refractivity contribution is -0.517. The zero-order valence-corrected chi connectivity index (χ0v) is 18.8. The van der Waals surface area contributed by atoms with Crippen LogP contribution in [0.2, 0.25) is 0 Å². The normalized spacial score (nSPS) is 16.8. The first-order valence-electron chi connectivity index (χ1n) is 11.5. The molecule has 0 atom stereocenters. The Bertz CT molecular complexity index is 1350. The molecule has 1 fully saturated rings. The first kappa shape index (κ1) is 19.6. The summed E-state index contributed by atoms with van der Waals surface area (Å²) in [7, 11) is 0. The molecule has 0 amide bonds. The Morgan fingerprint density at radius 1 is 1.03 bits per heavy atom. The molecule has 5 nitrogen and oxygen atoms in total. The van der Waals surface area contributed by atoms with Crippen LogP contribution in [0.1, 0.15) is 48.1 Å². The van der Waals surface area contributed by atoms with Crippen molar-refractivity contribution in [2.24, 2.45) is 10.1 Å². The second kappa shape index (κ2) is 8.43. The summed E-state index contributed by atoms with van der Waals surface area (Å²) < 4.78 is 2.11. The van der Waals surface area contributed by atoms with E-state index < -0.39 is 0 Å². The molecule has 0 aliphatic heterocycles. The van der Waals surface area contributed by atoms with Gasteiger partial charge in [-0.25, -0.2) is 5.43 Å². The van der Waals surface area contributed by atoms with E-state index in [1.54, 1.807) is 0 Å². The van der Waals surface area contributed by atoms with Crippen LogP contribution in [-0.2, 0) is 12.8 Å². The summed E-state index contributed by atoms with van der Waals surface area (Å²) in [5.74, 6) is 0.838. The molecule has 2 heterocycles. The SMILES string of the molecule is C(=NNc1nc[n+](C=NC2CCC2)c2sc3c(c12)CCCC3)c1ccc2ccccc2c1. The molecular formula is C26H26N5S+. The lowest BCUT2D eigenvalue weighted by Crippen LogP contribution is -2.35. The Morgan fingerprint density at radius 2 is 1.91 bits per heavy atom. The number of hydrazone groups is 1. The topological polar surface area (TPSA) is 53.5 Å². The first-order chi connectivity index (χ1) is 15.8. The number of fused-ring (bicyclic) bond motifs is 4. The zero-order valence-electron chi connectivity index (χ0n) is 18.0. The molecule has 0 saturated heterocycles. The van der Waals surface area contributed by atoms with E-state index in [1.165, 1.54) is 63.5 Å². The summed E-state index contributed by atoms with van der Waals surface area (Å²) in [6, 6.07) is 15.3. The van der Waals surface area contributed by atoms with Gasteiger partial charge in [0.2, 0.25) is 18.5 Å². The van der Waals surface area contributed by atoms with Crippen LogP contribution in [0.5, 0.6) is 0 Å². The van der Waals surface area contributed by atoms with Crippen molar-refractivity contribution < 1.29 is 4.57 Å². The van der Waals surface area contributed by atoms with Crippen molar-refractivity contribution >= 4 is 50.7 Å². The average Bonchev–Trinajstić information content (AvgIpc) is 3.19. The maximum absolute atomic E-state index is 4.77. The minimum absolute atomic E-state index is 0.483. The Balaban J connectivity index is 1.33. The third-order valence-electron chi connectivity index (χ3n) is 6.57. The maximum atomic E-state index is 4.77. The number of hydrogen-bond acceptors (Lipinski definition) is 5. The van der Waals surface area contributed by atoms with Crippen molar-refractivity contribution in [2.45, 2.75) is 51.0 Å². The number of aliphatic imine (C=N–C) groups is 1. The van der Waals surface area contributed by atoms with Crippen LogP contribution in [-0.4, -0.2) is 23.6 Å². The highest BCUT2D eigenvalue weighted by molar-refractivity contribution is 7.18. The summed E-state index contributed by atoms with van der Waals surface area (Å²) in [6.07, 6.45) is 14.2. The van der Waals surface area contributed by atoms with Crippen LogP contribution in [0.25, 0.3) is 21.0 Å². The first-order valence-corrected chi connectivity index (χ1v) is 12.3. The number of benzene rings is 2. The van der Waals surface area contributed by atoms with Crippen LogP contribution in [0.15, 0.2) is 58.9 Å². The number of nitrogens with zero attached hydrogens (tertiary/aromatic N) is 4. The van der Waals surface area contributed by atoms with Gasteiger partial charge in [-0.05, 0) is 72.9 Å². The smallest absolute Gasteiger partial charge is 0.234 e. The molecule has 32 heavy (non-hydrogen) atoms. The van der Waals surface area contributed by atoms with Gasteiger partial charge >= 0.3 is 0 Å². The molecule has 2 aliphatic carbocycles. The fourth-order valence-corrected chi connectivity index (χ4v) is 5.87. The molecule has 2 aromatic heterocycles. The second-order valence-electron chi connectivity index (χ2n) is 8.72. The quantitative estimate of drug-likeness (QED) is 0.193. The van der Waals surface area contributed by atoms with Gasteiger partial charge in [0, 0.05) is 4.88 Å². The third-order valence-corrected chi connectivity index (χ3v) is 7.87. The highest BCUT2D eigenvalue weighted by Crippen LogP contribution is 2.37. The standard InChI is InChI=1S/C26H25N5S/c1-2-7-20-14-18(12-13-19(20)6-1)15-29-30-25-24-22-10-3-4-11-23(22)32-26(24)31(17-28-25)16-27-21-8-5-9-21/h1-2,6-7,12-17,21H,3-5,8-11H2/p+1. The summed E-state index contributed by atoms with van der Waals surface area (Å²) in [5, 5.41) is 8.21. The van der Waals surface area contributed by atoms with Crippen molar-refractivity contribution in [1.29, 1.82) is 0 Å². The van der Waals surface area contributed by atoms with Gasteiger partial charge in [0.05, 0.1) is 11.6 Å². The number of nitrogens with one attached hydrogen (secondary N) is 1. The van der Waals surface area contributed by atoms with Crippen molar-refractivity contribution in [1.82, 2.24) is 4.98 Å². The molecular weight excluding hydrogens is 414 g/mol. The number of aryl methyl sites for hydroxylation is 2. The molecule has 1 saturated carbocycles. The zero-order chi connectivity index (χ0) is 21.3. The second-order valence-corrected chi connectivity index (χ2v) is 9.80. The van der Waals surface area contributed by atoms with E-state index in [0.717, 1.165) is 24.2 Å². The van der Waals surface area contributed by atoms with Crippen molar-refractivity contribution in [3.05, 3.63) is 64.8 Å². The summed E-state index contributed by atoms with van der Waals surface area (Å²) in [4.78, 5) is 12.2. The molecule has 6 rings (SSSR count). The number of thiophene rings is 1. The van der Waals surface area contributed by atoms with Gasteiger partial charge < -0.3 is 0 Å². The lowest BCUT2D eigenvalue weighted by atomic mass is 9.94. The molecule has 0 unspecified atom stereocenters. The van der Waals surface area contributed by atoms with Crippen molar-refractivity contribution in [3.8, 4) is 0 Å². The highest BCUT2D eigenvalue weighted by atomic mass is 32.1. The molecule has 1 N–H and O–H groups in total. The molecule has 0 radical (unpaired) electrons.